The molecule has 1 aliphatic heterocycles. The first-order valence-electron chi connectivity index (χ1n) is 11.4. The molecule has 0 saturated carbocycles. The smallest absolute Gasteiger partial charge is 0.335 e. The van der Waals surface area contributed by atoms with Gasteiger partial charge in [0, 0.05) is 6.54 Å². The molecule has 1 heterocycles. The maximum absolute atomic E-state index is 13.0. The molecular formula is C28H26N2O5S. The number of methoxy groups -OCH3 is 1. The van der Waals surface area contributed by atoms with E-state index in [4.69, 9.17) is 14.6 Å². The summed E-state index contributed by atoms with van der Waals surface area (Å²) in [4.78, 5) is 30.8. The number of amidine groups is 1. The predicted molar refractivity (Wildman–Crippen MR) is 142 cm³/mol. The van der Waals surface area contributed by atoms with E-state index in [1.54, 1.807) is 30.2 Å². The van der Waals surface area contributed by atoms with E-state index >= 15 is 0 Å². The molecule has 184 valence electrons. The third kappa shape index (κ3) is 5.78. The highest BCUT2D eigenvalue weighted by Crippen LogP contribution is 2.36. The summed E-state index contributed by atoms with van der Waals surface area (Å²) in [7, 11) is 1.58. The van der Waals surface area contributed by atoms with Crippen LogP contribution in [0.25, 0.3) is 6.08 Å². The Balaban J connectivity index is 1.53. The van der Waals surface area contributed by atoms with Crippen molar-refractivity contribution in [3.63, 3.8) is 0 Å². The first-order chi connectivity index (χ1) is 17.4. The van der Waals surface area contributed by atoms with Crippen LogP contribution in [0.2, 0.25) is 0 Å². The number of aliphatic imine (C=N–C) groups is 1. The lowest BCUT2D eigenvalue weighted by molar-refractivity contribution is -0.122. The minimum absolute atomic E-state index is 0.137. The molecule has 7 nitrogen and oxygen atoms in total. The molecule has 3 aromatic rings. The Hall–Kier alpha value is -4.04. The van der Waals surface area contributed by atoms with E-state index in [9.17, 15) is 9.59 Å². The van der Waals surface area contributed by atoms with Crippen LogP contribution < -0.4 is 9.47 Å². The number of aryl methyl sites for hydroxylation is 1. The van der Waals surface area contributed by atoms with Crippen LogP contribution in [-0.2, 0) is 11.4 Å². The van der Waals surface area contributed by atoms with E-state index in [-0.39, 0.29) is 11.5 Å². The van der Waals surface area contributed by atoms with Crippen LogP contribution in [0, 0.1) is 6.92 Å². The number of carboxylic acid groups (broad SMARTS) is 1. The fraction of sp³-hybridized carbons (Fsp3) is 0.179. The minimum atomic E-state index is -0.998. The highest BCUT2D eigenvalue weighted by atomic mass is 32.2. The molecular weight excluding hydrogens is 476 g/mol. The summed E-state index contributed by atoms with van der Waals surface area (Å²) >= 11 is 1.28. The fourth-order valence-corrected chi connectivity index (χ4v) is 4.61. The molecule has 0 spiro atoms. The van der Waals surface area contributed by atoms with Crippen LogP contribution in [0.15, 0.2) is 76.6 Å². The van der Waals surface area contributed by atoms with Crippen LogP contribution in [0.4, 0.5) is 5.69 Å². The monoisotopic (exact) mass is 502 g/mol. The maximum Gasteiger partial charge on any atom is 0.335 e. The molecule has 0 aromatic heterocycles. The van der Waals surface area contributed by atoms with Gasteiger partial charge in [0.1, 0.15) is 6.61 Å². The number of carbonyl (C=O) groups is 2. The van der Waals surface area contributed by atoms with Crippen molar-refractivity contribution in [2.45, 2.75) is 20.5 Å². The van der Waals surface area contributed by atoms with Gasteiger partial charge in [0.15, 0.2) is 16.7 Å². The Bertz CT molecular complexity index is 1330. The van der Waals surface area contributed by atoms with Crippen LogP contribution in [0.1, 0.15) is 34.0 Å². The van der Waals surface area contributed by atoms with Crippen molar-refractivity contribution in [2.24, 2.45) is 4.99 Å². The number of benzene rings is 3. The number of aromatic carboxylic acids is 1. The molecule has 0 radical (unpaired) electrons. The highest BCUT2D eigenvalue weighted by Gasteiger charge is 2.32. The number of hydrogen-bond acceptors (Lipinski definition) is 6. The van der Waals surface area contributed by atoms with E-state index in [0.29, 0.717) is 40.4 Å². The molecule has 3 aromatic carbocycles. The third-order valence-corrected chi connectivity index (χ3v) is 6.55. The average molecular weight is 503 g/mol. The molecule has 1 amide bonds. The number of likely N-dealkylation sites (N-methyl/N-ethyl adjacent to an activating group) is 1. The molecule has 0 bridgehead atoms. The van der Waals surface area contributed by atoms with E-state index in [1.165, 1.54) is 29.5 Å². The first-order valence-corrected chi connectivity index (χ1v) is 12.2. The predicted octanol–water partition coefficient (Wildman–Crippen LogP) is 5.90. The van der Waals surface area contributed by atoms with Crippen molar-refractivity contribution in [3.05, 3.63) is 93.9 Å². The standard InChI is InChI=1S/C28H26N2O5S/c1-4-30-26(31)25(36-28(30)29-22-12-10-21(11-13-22)27(32)33)16-20-9-14-23(24(15-20)34-3)35-17-19-7-5-18(2)6-8-19/h5-16H,4,17H2,1-3H3,(H,32,33)/b25-16+,29-28?. The third-order valence-electron chi connectivity index (χ3n) is 5.54. The number of carboxylic acids is 1. The SMILES string of the molecule is CCN1C(=O)/C(=C\c2ccc(OCc3ccc(C)cc3)c(OC)c2)SC1=Nc1ccc(C(=O)O)cc1. The second-order valence-corrected chi connectivity index (χ2v) is 9.10. The summed E-state index contributed by atoms with van der Waals surface area (Å²) in [5.74, 6) is 0.0589. The van der Waals surface area contributed by atoms with Gasteiger partial charge >= 0.3 is 5.97 Å². The fourth-order valence-electron chi connectivity index (χ4n) is 3.55. The summed E-state index contributed by atoms with van der Waals surface area (Å²) in [5.41, 5.74) is 3.81. The summed E-state index contributed by atoms with van der Waals surface area (Å²) in [5, 5.41) is 9.62. The van der Waals surface area contributed by atoms with Gasteiger partial charge in [-0.25, -0.2) is 9.79 Å². The summed E-state index contributed by atoms with van der Waals surface area (Å²) in [6, 6.07) is 19.9. The molecule has 8 heteroatoms. The van der Waals surface area contributed by atoms with E-state index in [2.05, 4.69) is 4.99 Å². The van der Waals surface area contributed by atoms with Crippen LogP contribution in [-0.4, -0.2) is 40.7 Å². The van der Waals surface area contributed by atoms with Crippen LogP contribution in [0.3, 0.4) is 0 Å². The number of thioether (sulfide) groups is 1. The number of nitrogens with zero attached hydrogens (tertiary/aromatic N) is 2. The lowest BCUT2D eigenvalue weighted by Crippen LogP contribution is -2.28. The van der Waals surface area contributed by atoms with Crippen molar-refractivity contribution in [3.8, 4) is 11.5 Å². The van der Waals surface area contributed by atoms with Crippen molar-refractivity contribution in [2.75, 3.05) is 13.7 Å². The molecule has 1 saturated heterocycles. The van der Waals surface area contributed by atoms with Gasteiger partial charge in [0.2, 0.25) is 0 Å². The molecule has 4 rings (SSSR count). The van der Waals surface area contributed by atoms with Gasteiger partial charge in [-0.1, -0.05) is 35.9 Å². The molecule has 1 fully saturated rings. The van der Waals surface area contributed by atoms with Gasteiger partial charge in [-0.3, -0.25) is 9.69 Å². The minimum Gasteiger partial charge on any atom is -0.493 e. The zero-order chi connectivity index (χ0) is 25.7. The number of hydrogen-bond donors (Lipinski definition) is 1. The molecule has 1 aliphatic rings. The first kappa shape index (κ1) is 25.1. The van der Waals surface area contributed by atoms with Gasteiger partial charge < -0.3 is 14.6 Å². The molecule has 36 heavy (non-hydrogen) atoms. The van der Waals surface area contributed by atoms with Gasteiger partial charge in [-0.15, -0.1) is 0 Å². The van der Waals surface area contributed by atoms with Gasteiger partial charge in [-0.2, -0.15) is 0 Å². The molecule has 0 atom stereocenters. The summed E-state index contributed by atoms with van der Waals surface area (Å²) < 4.78 is 11.5. The topological polar surface area (TPSA) is 88.4 Å². The molecule has 1 N–H and O–H groups in total. The van der Waals surface area contributed by atoms with Gasteiger partial charge in [0.05, 0.1) is 23.3 Å². The van der Waals surface area contributed by atoms with Gasteiger partial charge in [0.25, 0.3) is 5.91 Å². The summed E-state index contributed by atoms with van der Waals surface area (Å²) in [6.45, 7) is 4.81. The Morgan fingerprint density at radius 2 is 1.78 bits per heavy atom. The molecule has 0 unspecified atom stereocenters. The Kier molecular flexibility index (Phi) is 7.75. The lowest BCUT2D eigenvalue weighted by atomic mass is 10.1. The van der Waals surface area contributed by atoms with Gasteiger partial charge in [-0.05, 0) is 79.2 Å². The second kappa shape index (κ2) is 11.1. The van der Waals surface area contributed by atoms with E-state index in [0.717, 1.165) is 11.1 Å². The molecule has 0 aliphatic carbocycles. The Morgan fingerprint density at radius 3 is 2.42 bits per heavy atom. The van der Waals surface area contributed by atoms with Crippen LogP contribution >= 0.6 is 11.8 Å². The largest absolute Gasteiger partial charge is 0.493 e. The number of rotatable bonds is 8. The summed E-state index contributed by atoms with van der Waals surface area (Å²) in [6.07, 6.45) is 1.80. The average Bonchev–Trinajstić information content (AvgIpc) is 3.17. The van der Waals surface area contributed by atoms with Crippen molar-refractivity contribution >= 4 is 40.6 Å². The zero-order valence-corrected chi connectivity index (χ0v) is 21.0. The quantitative estimate of drug-likeness (QED) is 0.386. The second-order valence-electron chi connectivity index (χ2n) is 8.09. The zero-order valence-electron chi connectivity index (χ0n) is 20.2. The Labute approximate surface area is 214 Å². The number of carbonyl (C=O) groups excluding carboxylic acids is 1. The number of amides is 1. The maximum atomic E-state index is 13.0. The normalized spacial score (nSPS) is 15.5. The van der Waals surface area contributed by atoms with E-state index in [1.807, 2.05) is 56.3 Å². The van der Waals surface area contributed by atoms with Crippen LogP contribution in [0.5, 0.6) is 11.5 Å². The van der Waals surface area contributed by atoms with Crippen molar-refractivity contribution in [1.82, 2.24) is 4.90 Å². The Morgan fingerprint density at radius 1 is 1.06 bits per heavy atom. The highest BCUT2D eigenvalue weighted by molar-refractivity contribution is 8.18. The van der Waals surface area contributed by atoms with Crippen molar-refractivity contribution < 1.29 is 24.2 Å². The van der Waals surface area contributed by atoms with Crippen molar-refractivity contribution in [1.29, 1.82) is 0 Å². The van der Waals surface area contributed by atoms with E-state index < -0.39 is 5.97 Å². The number of ether oxygens (including phenoxy) is 2. The lowest BCUT2D eigenvalue weighted by Gasteiger charge is -2.12.